The summed E-state index contributed by atoms with van der Waals surface area (Å²) in [5, 5.41) is 0. The van der Waals surface area contributed by atoms with Crippen molar-refractivity contribution in [3.8, 4) is 55.6 Å². The van der Waals surface area contributed by atoms with E-state index in [1.807, 2.05) is 6.08 Å². The molecule has 2 aliphatic carbocycles. The first-order chi connectivity index (χ1) is 32.4. The number of benzene rings is 9. The summed E-state index contributed by atoms with van der Waals surface area (Å²) >= 11 is 0. The molecule has 0 aromatic heterocycles. The largest absolute Gasteiger partial charge is 0.310 e. The quantitative estimate of drug-likeness (QED) is 0.131. The standard InChI is InChI=1S/C65H51N/c1-5-6-31-59-45(2)65(60-32-18-16-29-57(60)58-30-17-19-33-61(58)65)62-39-36-51(44-63(62)64(59,3)4)49-34-37-54(38-35-49)66(55-28-20-27-50(41-55)46-21-10-7-11-22-46)56-42-52(47-23-12-8-13-24-47)40-53(43-56)48-25-14-9-15-26-48/h5-44H,1H2,2-4H3/b31-6-. The van der Waals surface area contributed by atoms with Crippen molar-refractivity contribution in [2.75, 3.05) is 4.90 Å². The Morgan fingerprint density at radius 3 is 1.42 bits per heavy atom. The zero-order valence-electron chi connectivity index (χ0n) is 37.7. The van der Waals surface area contributed by atoms with Crippen molar-refractivity contribution in [3.05, 3.63) is 283 Å². The summed E-state index contributed by atoms with van der Waals surface area (Å²) in [6.45, 7) is 11.2. The number of nitrogens with zero attached hydrogens (tertiary/aromatic N) is 1. The Morgan fingerprint density at radius 2 is 0.848 bits per heavy atom. The molecule has 0 amide bonds. The van der Waals surface area contributed by atoms with Crippen LogP contribution in [0.15, 0.2) is 260 Å². The van der Waals surface area contributed by atoms with Gasteiger partial charge in [-0.15, -0.1) is 0 Å². The van der Waals surface area contributed by atoms with E-state index in [0.29, 0.717) is 0 Å². The van der Waals surface area contributed by atoms with E-state index in [1.165, 1.54) is 89.0 Å². The normalized spacial score (nSPS) is 14.2. The number of rotatable bonds is 9. The van der Waals surface area contributed by atoms with Crippen molar-refractivity contribution >= 4 is 17.1 Å². The van der Waals surface area contributed by atoms with Gasteiger partial charge in [0.25, 0.3) is 0 Å². The summed E-state index contributed by atoms with van der Waals surface area (Å²) in [5.74, 6) is 0. The van der Waals surface area contributed by atoms with Gasteiger partial charge in [-0.25, -0.2) is 0 Å². The average molecular weight is 846 g/mol. The number of anilines is 3. The second-order valence-electron chi connectivity index (χ2n) is 18.2. The predicted octanol–water partition coefficient (Wildman–Crippen LogP) is 17.5. The molecule has 0 saturated heterocycles. The van der Waals surface area contributed by atoms with Gasteiger partial charge in [0.15, 0.2) is 0 Å². The molecular weight excluding hydrogens is 795 g/mol. The molecule has 0 radical (unpaired) electrons. The maximum Gasteiger partial charge on any atom is 0.0679 e. The molecule has 11 rings (SSSR count). The molecule has 0 unspecified atom stereocenters. The van der Waals surface area contributed by atoms with E-state index in [2.05, 4.69) is 269 Å². The van der Waals surface area contributed by atoms with Crippen LogP contribution in [0.2, 0.25) is 0 Å². The van der Waals surface area contributed by atoms with Gasteiger partial charge in [-0.05, 0) is 144 Å². The fourth-order valence-corrected chi connectivity index (χ4v) is 11.1. The Morgan fingerprint density at radius 1 is 0.379 bits per heavy atom. The van der Waals surface area contributed by atoms with Crippen LogP contribution in [0.4, 0.5) is 17.1 Å². The highest BCUT2D eigenvalue weighted by atomic mass is 15.1. The molecule has 0 saturated carbocycles. The van der Waals surface area contributed by atoms with Gasteiger partial charge in [0, 0.05) is 22.5 Å². The molecule has 0 aliphatic heterocycles. The highest BCUT2D eigenvalue weighted by molar-refractivity contribution is 5.90. The molecule has 0 fully saturated rings. The average Bonchev–Trinajstić information content (AvgIpc) is 3.67. The van der Waals surface area contributed by atoms with Gasteiger partial charge in [0.2, 0.25) is 0 Å². The lowest BCUT2D eigenvalue weighted by molar-refractivity contribution is 0.558. The minimum absolute atomic E-state index is 0.270. The molecule has 66 heavy (non-hydrogen) atoms. The Hall–Kier alpha value is -8.00. The lowest BCUT2D eigenvalue weighted by atomic mass is 9.55. The Bertz CT molecular complexity index is 3230. The molecule has 316 valence electrons. The van der Waals surface area contributed by atoms with E-state index in [-0.39, 0.29) is 5.41 Å². The van der Waals surface area contributed by atoms with Crippen LogP contribution in [0.5, 0.6) is 0 Å². The van der Waals surface area contributed by atoms with Crippen LogP contribution in [-0.2, 0) is 10.8 Å². The van der Waals surface area contributed by atoms with Crippen molar-refractivity contribution < 1.29 is 0 Å². The highest BCUT2D eigenvalue weighted by Crippen LogP contribution is 2.62. The van der Waals surface area contributed by atoms with Crippen LogP contribution in [0.1, 0.15) is 43.0 Å². The third-order valence-electron chi connectivity index (χ3n) is 14.1. The van der Waals surface area contributed by atoms with Crippen molar-refractivity contribution in [3.63, 3.8) is 0 Å². The Labute approximate surface area is 390 Å². The number of allylic oxidation sites excluding steroid dienone is 5. The van der Waals surface area contributed by atoms with Crippen LogP contribution in [0.25, 0.3) is 55.6 Å². The summed E-state index contributed by atoms with van der Waals surface area (Å²) in [5.41, 5.74) is 22.7. The van der Waals surface area contributed by atoms with Gasteiger partial charge in [-0.2, -0.15) is 0 Å². The van der Waals surface area contributed by atoms with Crippen LogP contribution >= 0.6 is 0 Å². The van der Waals surface area contributed by atoms with Crippen molar-refractivity contribution in [1.29, 1.82) is 0 Å². The van der Waals surface area contributed by atoms with Gasteiger partial charge in [-0.3, -0.25) is 0 Å². The lowest BCUT2D eigenvalue weighted by Gasteiger charge is -2.47. The zero-order chi connectivity index (χ0) is 44.8. The molecule has 1 heteroatoms. The first-order valence-corrected chi connectivity index (χ1v) is 23.0. The van der Waals surface area contributed by atoms with E-state index in [9.17, 15) is 0 Å². The minimum Gasteiger partial charge on any atom is -0.310 e. The zero-order valence-corrected chi connectivity index (χ0v) is 37.7. The summed E-state index contributed by atoms with van der Waals surface area (Å²) in [6, 6.07) is 82.5. The van der Waals surface area contributed by atoms with Crippen LogP contribution in [0, 0.1) is 0 Å². The molecule has 2 aliphatic rings. The summed E-state index contributed by atoms with van der Waals surface area (Å²) in [7, 11) is 0. The Balaban J connectivity index is 1.07. The first-order valence-electron chi connectivity index (χ1n) is 23.0. The highest BCUT2D eigenvalue weighted by Gasteiger charge is 2.52. The molecule has 9 aromatic rings. The molecule has 9 aromatic carbocycles. The van der Waals surface area contributed by atoms with Crippen molar-refractivity contribution in [2.24, 2.45) is 0 Å². The third kappa shape index (κ3) is 6.70. The van der Waals surface area contributed by atoms with E-state index in [1.54, 1.807) is 0 Å². The number of fused-ring (bicyclic) bond motifs is 7. The van der Waals surface area contributed by atoms with Crippen LogP contribution in [0.3, 0.4) is 0 Å². The monoisotopic (exact) mass is 845 g/mol. The van der Waals surface area contributed by atoms with Gasteiger partial charge < -0.3 is 4.90 Å². The minimum atomic E-state index is -0.414. The van der Waals surface area contributed by atoms with E-state index in [0.717, 1.165) is 17.1 Å². The van der Waals surface area contributed by atoms with E-state index < -0.39 is 5.41 Å². The number of hydrogen-bond acceptors (Lipinski definition) is 1. The van der Waals surface area contributed by atoms with Gasteiger partial charge in [0.05, 0.1) is 5.41 Å². The fraction of sp³-hybridized carbons (Fsp3) is 0.0769. The second kappa shape index (κ2) is 16.5. The molecule has 0 bridgehead atoms. The summed E-state index contributed by atoms with van der Waals surface area (Å²) in [4.78, 5) is 2.41. The van der Waals surface area contributed by atoms with Crippen LogP contribution < -0.4 is 4.90 Å². The van der Waals surface area contributed by atoms with Gasteiger partial charge in [0.1, 0.15) is 0 Å². The maximum atomic E-state index is 4.08. The Kier molecular flexibility index (Phi) is 10.2. The smallest absolute Gasteiger partial charge is 0.0679 e. The molecular formula is C65H51N. The van der Waals surface area contributed by atoms with Gasteiger partial charge >= 0.3 is 0 Å². The van der Waals surface area contributed by atoms with Crippen molar-refractivity contribution in [2.45, 2.75) is 31.6 Å². The van der Waals surface area contributed by atoms with E-state index >= 15 is 0 Å². The molecule has 1 nitrogen and oxygen atoms in total. The SMILES string of the molecule is C=C/C=C\C1=C(C)C2(c3ccccc3-c3ccccc32)c2ccc(-c3ccc(N(c4cccc(-c5ccccc5)c4)c4cc(-c5ccccc5)cc(-c5ccccc5)c4)cc3)cc2C1(C)C. The van der Waals surface area contributed by atoms with Gasteiger partial charge in [-0.1, -0.05) is 215 Å². The van der Waals surface area contributed by atoms with E-state index in [4.69, 9.17) is 0 Å². The topological polar surface area (TPSA) is 3.24 Å². The number of hydrogen-bond donors (Lipinski definition) is 0. The molecule has 0 atom stereocenters. The fourth-order valence-electron chi connectivity index (χ4n) is 11.1. The molecule has 1 spiro atoms. The molecule has 0 heterocycles. The van der Waals surface area contributed by atoms with Crippen LogP contribution in [-0.4, -0.2) is 0 Å². The lowest BCUT2D eigenvalue weighted by Crippen LogP contribution is -2.40. The first kappa shape index (κ1) is 40.8. The summed E-state index contributed by atoms with van der Waals surface area (Å²) in [6.07, 6.45) is 6.30. The molecule has 0 N–H and O–H groups in total. The summed E-state index contributed by atoms with van der Waals surface area (Å²) < 4.78 is 0. The maximum absolute atomic E-state index is 4.08. The third-order valence-corrected chi connectivity index (χ3v) is 14.1. The van der Waals surface area contributed by atoms with Crippen molar-refractivity contribution in [1.82, 2.24) is 0 Å². The second-order valence-corrected chi connectivity index (χ2v) is 18.2. The predicted molar refractivity (Wildman–Crippen MR) is 280 cm³/mol.